The number of nitrogens with one attached hydrogen (secondary N) is 1. The maximum atomic E-state index is 11.8. The molecule has 1 rings (SSSR count). The first-order valence-corrected chi connectivity index (χ1v) is 6.83. The van der Waals surface area contributed by atoms with Gasteiger partial charge < -0.3 is 16.0 Å². The molecular weight excluding hydrogens is 214 g/mol. The zero-order chi connectivity index (χ0) is 12.7. The van der Waals surface area contributed by atoms with Crippen LogP contribution in [0.25, 0.3) is 0 Å². The van der Waals surface area contributed by atoms with Crippen molar-refractivity contribution >= 4 is 5.91 Å². The lowest BCUT2D eigenvalue weighted by atomic mass is 9.96. The lowest BCUT2D eigenvalue weighted by Crippen LogP contribution is -2.35. The van der Waals surface area contributed by atoms with E-state index in [2.05, 4.69) is 19.2 Å². The molecule has 4 nitrogen and oxygen atoms in total. The molecule has 1 amide bonds. The summed E-state index contributed by atoms with van der Waals surface area (Å²) in [5, 5.41) is 3.34. The summed E-state index contributed by atoms with van der Waals surface area (Å²) in [6.45, 7) is 8.69. The van der Waals surface area contributed by atoms with Crippen LogP contribution in [0.2, 0.25) is 0 Å². The van der Waals surface area contributed by atoms with Crippen molar-refractivity contribution in [2.75, 3.05) is 32.7 Å². The molecule has 1 aliphatic heterocycles. The van der Waals surface area contributed by atoms with Crippen molar-refractivity contribution in [3.63, 3.8) is 0 Å². The van der Waals surface area contributed by atoms with Crippen LogP contribution in [0.1, 0.15) is 33.1 Å². The molecule has 100 valence electrons. The fourth-order valence-corrected chi connectivity index (χ4v) is 2.20. The molecule has 1 heterocycles. The summed E-state index contributed by atoms with van der Waals surface area (Å²) in [6, 6.07) is 0. The molecule has 1 unspecified atom stereocenters. The SMILES string of the molecule is CC(C)C(CN)CNCCC(=O)N1CCCC1. The van der Waals surface area contributed by atoms with Gasteiger partial charge in [-0.3, -0.25) is 4.79 Å². The van der Waals surface area contributed by atoms with E-state index >= 15 is 0 Å². The van der Waals surface area contributed by atoms with Gasteiger partial charge >= 0.3 is 0 Å². The van der Waals surface area contributed by atoms with Crippen LogP contribution >= 0.6 is 0 Å². The van der Waals surface area contributed by atoms with Crippen LogP contribution in [0.4, 0.5) is 0 Å². The van der Waals surface area contributed by atoms with Gasteiger partial charge in [0.2, 0.25) is 5.91 Å². The third-order valence-corrected chi connectivity index (χ3v) is 3.63. The molecular formula is C13H27N3O. The summed E-state index contributed by atoms with van der Waals surface area (Å²) in [4.78, 5) is 13.7. The summed E-state index contributed by atoms with van der Waals surface area (Å²) in [5.41, 5.74) is 5.70. The molecule has 0 spiro atoms. The highest BCUT2D eigenvalue weighted by Crippen LogP contribution is 2.09. The molecule has 1 aliphatic rings. The van der Waals surface area contributed by atoms with Gasteiger partial charge in [0.05, 0.1) is 0 Å². The molecule has 0 aliphatic carbocycles. The highest BCUT2D eigenvalue weighted by atomic mass is 16.2. The quantitative estimate of drug-likeness (QED) is 0.649. The minimum atomic E-state index is 0.295. The normalized spacial score (nSPS) is 17.8. The van der Waals surface area contributed by atoms with Crippen molar-refractivity contribution in [1.82, 2.24) is 10.2 Å². The van der Waals surface area contributed by atoms with Crippen LogP contribution in [0.3, 0.4) is 0 Å². The number of amides is 1. The second-order valence-corrected chi connectivity index (χ2v) is 5.28. The maximum absolute atomic E-state index is 11.8. The fourth-order valence-electron chi connectivity index (χ4n) is 2.20. The fraction of sp³-hybridized carbons (Fsp3) is 0.923. The van der Waals surface area contributed by atoms with Gasteiger partial charge in [-0.2, -0.15) is 0 Å². The van der Waals surface area contributed by atoms with Crippen molar-refractivity contribution in [2.45, 2.75) is 33.1 Å². The second-order valence-electron chi connectivity index (χ2n) is 5.28. The maximum Gasteiger partial charge on any atom is 0.223 e. The Morgan fingerprint density at radius 2 is 2.00 bits per heavy atom. The summed E-state index contributed by atoms with van der Waals surface area (Å²) in [5.74, 6) is 1.41. The predicted molar refractivity (Wildman–Crippen MR) is 70.7 cm³/mol. The van der Waals surface area contributed by atoms with Gasteiger partial charge in [0.15, 0.2) is 0 Å². The summed E-state index contributed by atoms with van der Waals surface area (Å²) in [6.07, 6.45) is 2.96. The van der Waals surface area contributed by atoms with Crippen LogP contribution in [-0.4, -0.2) is 43.5 Å². The lowest BCUT2D eigenvalue weighted by Gasteiger charge is -2.20. The number of rotatable bonds is 7. The van der Waals surface area contributed by atoms with E-state index in [0.29, 0.717) is 30.7 Å². The number of nitrogens with zero attached hydrogens (tertiary/aromatic N) is 1. The molecule has 3 N–H and O–H groups in total. The van der Waals surface area contributed by atoms with Gasteiger partial charge in [-0.1, -0.05) is 13.8 Å². The third kappa shape index (κ3) is 5.04. The smallest absolute Gasteiger partial charge is 0.223 e. The van der Waals surface area contributed by atoms with Gasteiger partial charge in [0.1, 0.15) is 0 Å². The average Bonchev–Trinajstić information content (AvgIpc) is 2.81. The van der Waals surface area contributed by atoms with E-state index in [9.17, 15) is 4.79 Å². The lowest BCUT2D eigenvalue weighted by molar-refractivity contribution is -0.130. The van der Waals surface area contributed by atoms with Gasteiger partial charge in [-0.25, -0.2) is 0 Å². The molecule has 0 bridgehead atoms. The monoisotopic (exact) mass is 241 g/mol. The van der Waals surface area contributed by atoms with Crippen molar-refractivity contribution in [3.05, 3.63) is 0 Å². The molecule has 17 heavy (non-hydrogen) atoms. The first-order valence-electron chi connectivity index (χ1n) is 6.83. The predicted octanol–water partition coefficient (Wildman–Crippen LogP) is 0.819. The van der Waals surface area contributed by atoms with Crippen LogP contribution in [-0.2, 0) is 4.79 Å². The zero-order valence-corrected chi connectivity index (χ0v) is 11.2. The van der Waals surface area contributed by atoms with E-state index in [1.54, 1.807) is 0 Å². The Morgan fingerprint density at radius 3 is 2.53 bits per heavy atom. The highest BCUT2D eigenvalue weighted by molar-refractivity contribution is 5.76. The summed E-state index contributed by atoms with van der Waals surface area (Å²) < 4.78 is 0. The van der Waals surface area contributed by atoms with Crippen LogP contribution in [0.15, 0.2) is 0 Å². The zero-order valence-electron chi connectivity index (χ0n) is 11.2. The number of likely N-dealkylation sites (tertiary alicyclic amines) is 1. The standard InChI is InChI=1S/C13H27N3O/c1-11(2)12(9-14)10-15-6-5-13(17)16-7-3-4-8-16/h11-12,15H,3-10,14H2,1-2H3. The minimum Gasteiger partial charge on any atom is -0.343 e. The Balaban J connectivity index is 2.08. The molecule has 0 radical (unpaired) electrons. The Kier molecular flexibility index (Phi) is 6.52. The van der Waals surface area contributed by atoms with Gasteiger partial charge in [0, 0.05) is 26.1 Å². The van der Waals surface area contributed by atoms with E-state index in [4.69, 9.17) is 5.73 Å². The number of carbonyl (C=O) groups excluding carboxylic acids is 1. The first-order chi connectivity index (χ1) is 8.15. The molecule has 0 saturated carbocycles. The summed E-state index contributed by atoms with van der Waals surface area (Å²) in [7, 11) is 0. The molecule has 1 fully saturated rings. The molecule has 1 atom stereocenters. The minimum absolute atomic E-state index is 0.295. The second kappa shape index (κ2) is 7.67. The van der Waals surface area contributed by atoms with E-state index in [0.717, 1.165) is 26.2 Å². The topological polar surface area (TPSA) is 58.4 Å². The molecule has 4 heteroatoms. The number of hydrogen-bond acceptors (Lipinski definition) is 3. The molecule has 0 aromatic rings. The van der Waals surface area contributed by atoms with Crippen LogP contribution in [0, 0.1) is 11.8 Å². The Hall–Kier alpha value is -0.610. The average molecular weight is 241 g/mol. The molecule has 0 aromatic carbocycles. The number of nitrogens with two attached hydrogens (primary N) is 1. The van der Waals surface area contributed by atoms with Crippen molar-refractivity contribution in [2.24, 2.45) is 17.6 Å². The Morgan fingerprint density at radius 1 is 1.35 bits per heavy atom. The summed E-state index contributed by atoms with van der Waals surface area (Å²) >= 11 is 0. The Bertz CT molecular complexity index is 225. The number of hydrogen-bond donors (Lipinski definition) is 2. The number of carbonyl (C=O) groups is 1. The van der Waals surface area contributed by atoms with E-state index in [1.807, 2.05) is 4.90 Å². The van der Waals surface area contributed by atoms with E-state index in [-0.39, 0.29) is 0 Å². The van der Waals surface area contributed by atoms with Crippen molar-refractivity contribution < 1.29 is 4.79 Å². The van der Waals surface area contributed by atoms with Gasteiger partial charge in [0.25, 0.3) is 0 Å². The van der Waals surface area contributed by atoms with Crippen molar-refractivity contribution in [1.29, 1.82) is 0 Å². The van der Waals surface area contributed by atoms with Crippen LogP contribution in [0.5, 0.6) is 0 Å². The van der Waals surface area contributed by atoms with E-state index in [1.165, 1.54) is 12.8 Å². The first kappa shape index (κ1) is 14.5. The highest BCUT2D eigenvalue weighted by Gasteiger charge is 2.17. The van der Waals surface area contributed by atoms with Crippen molar-refractivity contribution in [3.8, 4) is 0 Å². The molecule has 0 aromatic heterocycles. The van der Waals surface area contributed by atoms with Gasteiger partial charge in [-0.15, -0.1) is 0 Å². The largest absolute Gasteiger partial charge is 0.343 e. The third-order valence-electron chi connectivity index (χ3n) is 3.63. The molecule has 1 saturated heterocycles. The van der Waals surface area contributed by atoms with Gasteiger partial charge in [-0.05, 0) is 37.8 Å². The van der Waals surface area contributed by atoms with E-state index < -0.39 is 0 Å². The Labute approximate surface area is 105 Å². The van der Waals surface area contributed by atoms with Crippen LogP contribution < -0.4 is 11.1 Å².